The fourth-order valence-electron chi connectivity index (χ4n) is 7.32. The van der Waals surface area contributed by atoms with E-state index in [-0.39, 0.29) is 52.3 Å². The maximum absolute atomic E-state index is 16.5. The van der Waals surface area contributed by atoms with Crippen LogP contribution in [0.15, 0.2) is 42.6 Å². The number of aromatic hydroxyl groups is 1. The summed E-state index contributed by atoms with van der Waals surface area (Å²) in [5, 5.41) is 14.0. The van der Waals surface area contributed by atoms with Gasteiger partial charge in [0, 0.05) is 49.9 Å². The lowest BCUT2D eigenvalue weighted by molar-refractivity contribution is 0.107. The minimum Gasteiger partial charge on any atom is -0.508 e. The number of hydrogen-bond acceptors (Lipinski definition) is 8. The van der Waals surface area contributed by atoms with Gasteiger partial charge in [-0.05, 0) is 54.4 Å². The fourth-order valence-corrected chi connectivity index (χ4v) is 7.32. The predicted molar refractivity (Wildman–Crippen MR) is 152 cm³/mol. The molecule has 0 radical (unpaired) electrons. The van der Waals surface area contributed by atoms with Gasteiger partial charge in [0.1, 0.15) is 35.6 Å². The first-order valence-corrected chi connectivity index (χ1v) is 14.5. The highest BCUT2D eigenvalue weighted by Gasteiger charge is 2.49. The van der Waals surface area contributed by atoms with Gasteiger partial charge in [0.15, 0.2) is 17.5 Å². The van der Waals surface area contributed by atoms with Crippen molar-refractivity contribution in [3.8, 4) is 23.0 Å². The summed E-state index contributed by atoms with van der Waals surface area (Å²) in [5.74, 6) is -3.14. The minimum absolute atomic E-state index is 0.0737. The molecule has 2 N–H and O–H groups in total. The van der Waals surface area contributed by atoms with Crippen LogP contribution in [0.2, 0.25) is 0 Å². The highest BCUT2D eigenvalue weighted by Crippen LogP contribution is 2.41. The quantitative estimate of drug-likeness (QED) is 0.256. The molecule has 0 saturated carbocycles. The Labute approximate surface area is 244 Å². The number of halogens is 4. The molecule has 0 aliphatic carbocycles. The molecular formula is C31H28F4N6O2. The molecule has 4 aliphatic heterocycles. The summed E-state index contributed by atoms with van der Waals surface area (Å²) in [7, 11) is 0. The lowest BCUT2D eigenvalue weighted by Crippen LogP contribution is -2.52. The average Bonchev–Trinajstić information content (AvgIpc) is 3.63. The third-order valence-electron chi connectivity index (χ3n) is 9.26. The monoisotopic (exact) mass is 592 g/mol. The number of hydrogen-bond donors (Lipinski definition) is 2. The number of aromatic nitrogens is 3. The largest absolute Gasteiger partial charge is 0.508 e. The number of ether oxygens (including phenoxy) is 1. The van der Waals surface area contributed by atoms with Crippen LogP contribution in [0.1, 0.15) is 19.3 Å². The van der Waals surface area contributed by atoms with E-state index in [1.807, 2.05) is 4.90 Å². The maximum atomic E-state index is 16.5. The van der Waals surface area contributed by atoms with Crippen molar-refractivity contribution >= 4 is 27.5 Å². The van der Waals surface area contributed by atoms with Crippen LogP contribution in [-0.4, -0.2) is 81.5 Å². The Balaban J connectivity index is 1.27. The molecule has 43 heavy (non-hydrogen) atoms. The van der Waals surface area contributed by atoms with E-state index in [9.17, 15) is 13.9 Å². The first kappa shape index (κ1) is 26.6. The second-order valence-corrected chi connectivity index (χ2v) is 12.0. The van der Waals surface area contributed by atoms with Crippen LogP contribution in [0, 0.1) is 17.5 Å². The number of piperazine rings is 1. The molecule has 222 valence electrons. The number of phenols is 1. The Morgan fingerprint density at radius 1 is 1.02 bits per heavy atom. The number of nitrogens with one attached hydrogen (secondary N) is 1. The summed E-state index contributed by atoms with van der Waals surface area (Å²) in [4.78, 5) is 17.5. The molecule has 0 spiro atoms. The van der Waals surface area contributed by atoms with E-state index in [1.165, 1.54) is 24.4 Å². The van der Waals surface area contributed by atoms with E-state index in [0.717, 1.165) is 25.5 Å². The van der Waals surface area contributed by atoms with Crippen LogP contribution in [0.3, 0.4) is 0 Å². The van der Waals surface area contributed by atoms with E-state index < -0.39 is 34.9 Å². The standard InChI is InChI=1S/C31H28F4N6O2/c32-17-10-31(6-1-7-41(31)12-17)15-43-30-38-27-22(29(39-30)40-13-18-2-3-19(14-40)37-18)11-36-28(26(27)35)24-21-5-4-20(42)8-16(21)9-23(33)25(24)34/h2-5,8-9,11,17-19,37,42H,1,6-7,10,12-15H2. The van der Waals surface area contributed by atoms with E-state index in [1.54, 1.807) is 0 Å². The predicted octanol–water partition coefficient (Wildman–Crippen LogP) is 4.64. The van der Waals surface area contributed by atoms with Gasteiger partial charge in [-0.15, -0.1) is 0 Å². The number of alkyl halides is 1. The van der Waals surface area contributed by atoms with E-state index in [2.05, 4.69) is 32.3 Å². The van der Waals surface area contributed by atoms with Crippen molar-refractivity contribution in [2.45, 2.75) is 43.1 Å². The molecule has 4 aromatic rings. The first-order chi connectivity index (χ1) is 20.8. The number of rotatable bonds is 5. The second kappa shape index (κ2) is 9.75. The lowest BCUT2D eigenvalue weighted by atomic mass is 9.95. The molecule has 3 fully saturated rings. The zero-order valence-corrected chi connectivity index (χ0v) is 23.0. The van der Waals surface area contributed by atoms with Gasteiger partial charge < -0.3 is 20.1 Å². The number of anilines is 1. The van der Waals surface area contributed by atoms with Crippen LogP contribution in [-0.2, 0) is 0 Å². The molecule has 2 bridgehead atoms. The molecule has 8 nitrogen and oxygen atoms in total. The molecule has 8 rings (SSSR count). The summed E-state index contributed by atoms with van der Waals surface area (Å²) in [6.07, 6.45) is 6.67. The van der Waals surface area contributed by atoms with E-state index >= 15 is 8.78 Å². The van der Waals surface area contributed by atoms with E-state index in [4.69, 9.17) is 9.72 Å². The summed E-state index contributed by atoms with van der Waals surface area (Å²) >= 11 is 0. The summed E-state index contributed by atoms with van der Waals surface area (Å²) in [6, 6.07) is 5.02. The topological polar surface area (TPSA) is 86.6 Å². The molecule has 6 heterocycles. The second-order valence-electron chi connectivity index (χ2n) is 12.0. The fraction of sp³-hybridized carbons (Fsp3) is 0.387. The average molecular weight is 593 g/mol. The van der Waals surface area contributed by atoms with Gasteiger partial charge in [0.2, 0.25) is 0 Å². The zero-order valence-electron chi connectivity index (χ0n) is 23.0. The number of pyridine rings is 1. The number of nitrogens with zero attached hydrogens (tertiary/aromatic N) is 5. The smallest absolute Gasteiger partial charge is 0.319 e. The third-order valence-corrected chi connectivity index (χ3v) is 9.26. The van der Waals surface area contributed by atoms with Gasteiger partial charge in [-0.2, -0.15) is 9.97 Å². The van der Waals surface area contributed by atoms with Crippen molar-refractivity contribution in [2.75, 3.05) is 37.7 Å². The molecule has 2 aromatic carbocycles. The SMILES string of the molecule is Oc1ccc2c(-c3ncc4c(N5CC6C=CC(C5)N6)nc(OCC56CCCN5CC(F)C6)nc4c3F)c(F)c(F)cc2c1. The van der Waals surface area contributed by atoms with Crippen molar-refractivity contribution in [3.05, 3.63) is 60.1 Å². The minimum atomic E-state index is -1.26. The van der Waals surface area contributed by atoms with Gasteiger partial charge >= 0.3 is 6.01 Å². The lowest BCUT2D eigenvalue weighted by Gasteiger charge is -2.34. The molecule has 3 saturated heterocycles. The Hall–Kier alpha value is -4.03. The number of phenolic OH excluding ortho intramolecular Hbond substituents is 1. The molecule has 2 aromatic heterocycles. The summed E-state index contributed by atoms with van der Waals surface area (Å²) < 4.78 is 67.1. The Kier molecular flexibility index (Phi) is 6.03. The van der Waals surface area contributed by atoms with Crippen LogP contribution >= 0.6 is 0 Å². The molecule has 0 amide bonds. The van der Waals surface area contributed by atoms with Crippen LogP contribution < -0.4 is 15.0 Å². The molecule has 4 aliphatic rings. The van der Waals surface area contributed by atoms with Crippen molar-refractivity contribution in [1.82, 2.24) is 25.2 Å². The Morgan fingerprint density at radius 3 is 2.65 bits per heavy atom. The summed E-state index contributed by atoms with van der Waals surface area (Å²) in [5.41, 5.74) is -1.40. The maximum Gasteiger partial charge on any atom is 0.319 e. The van der Waals surface area contributed by atoms with E-state index in [0.29, 0.717) is 37.3 Å². The van der Waals surface area contributed by atoms with Gasteiger partial charge in [0.05, 0.1) is 10.9 Å². The Bertz CT molecular complexity index is 1810. The molecule has 12 heteroatoms. The molecular weight excluding hydrogens is 564 g/mol. The van der Waals surface area contributed by atoms with Gasteiger partial charge in [-0.25, -0.2) is 17.6 Å². The normalized spacial score (nSPS) is 26.6. The van der Waals surface area contributed by atoms with Gasteiger partial charge in [0.25, 0.3) is 0 Å². The van der Waals surface area contributed by atoms with Crippen LogP contribution in [0.4, 0.5) is 23.4 Å². The van der Waals surface area contributed by atoms with Crippen LogP contribution in [0.25, 0.3) is 32.9 Å². The highest BCUT2D eigenvalue weighted by molar-refractivity contribution is 5.99. The number of fused-ring (bicyclic) bond motifs is 5. The number of benzene rings is 2. The first-order valence-electron chi connectivity index (χ1n) is 14.5. The van der Waals surface area contributed by atoms with Crippen molar-refractivity contribution in [1.29, 1.82) is 0 Å². The van der Waals surface area contributed by atoms with Gasteiger partial charge in [-0.1, -0.05) is 12.2 Å². The molecule has 4 atom stereocenters. The Morgan fingerprint density at radius 2 is 1.84 bits per heavy atom. The van der Waals surface area contributed by atoms with Crippen molar-refractivity contribution < 1.29 is 27.4 Å². The van der Waals surface area contributed by atoms with Crippen LogP contribution in [0.5, 0.6) is 11.8 Å². The van der Waals surface area contributed by atoms with Crippen molar-refractivity contribution in [3.63, 3.8) is 0 Å². The van der Waals surface area contributed by atoms with Gasteiger partial charge in [-0.3, -0.25) is 9.88 Å². The third kappa shape index (κ3) is 4.29. The molecule has 4 unspecified atom stereocenters. The zero-order chi connectivity index (χ0) is 29.5. The highest BCUT2D eigenvalue weighted by atomic mass is 19.2. The summed E-state index contributed by atoms with van der Waals surface area (Å²) in [6.45, 7) is 2.43. The van der Waals surface area contributed by atoms with Crippen molar-refractivity contribution in [2.24, 2.45) is 0 Å².